The third kappa shape index (κ3) is 2.49. The van der Waals surface area contributed by atoms with Crippen LogP contribution >= 0.6 is 15.9 Å². The minimum Gasteiger partial charge on any atom is -0.0883 e. The van der Waals surface area contributed by atoms with Crippen LogP contribution in [0.3, 0.4) is 0 Å². The molecule has 0 saturated carbocycles. The first kappa shape index (κ1) is 9.53. The number of aryl methyl sites for hydroxylation is 2. The van der Waals surface area contributed by atoms with Crippen LogP contribution in [0.2, 0.25) is 0 Å². The molecule has 0 aromatic heterocycles. The molecule has 0 fully saturated rings. The minimum absolute atomic E-state index is 0.917. The summed E-state index contributed by atoms with van der Waals surface area (Å²) in [6.07, 6.45) is 4.23. The fourth-order valence-electron chi connectivity index (χ4n) is 1.05. The zero-order valence-electron chi connectivity index (χ0n) is 7.47. The van der Waals surface area contributed by atoms with Gasteiger partial charge in [0.15, 0.2) is 0 Å². The van der Waals surface area contributed by atoms with Gasteiger partial charge in [-0.15, -0.1) is 0 Å². The Labute approximate surface area is 82.4 Å². The standard InChI is InChI=1S/C11H13Br/c1-9-5-6-11(4-3-7-12)8-10(9)2/h3-6,8H,7H2,1-2H3. The predicted molar refractivity (Wildman–Crippen MR) is 58.7 cm³/mol. The van der Waals surface area contributed by atoms with E-state index in [-0.39, 0.29) is 0 Å². The summed E-state index contributed by atoms with van der Waals surface area (Å²) in [6, 6.07) is 6.50. The lowest BCUT2D eigenvalue weighted by atomic mass is 10.1. The fraction of sp³-hybridized carbons (Fsp3) is 0.273. The Bertz CT molecular complexity index is 287. The van der Waals surface area contributed by atoms with Gasteiger partial charge in [0.25, 0.3) is 0 Å². The van der Waals surface area contributed by atoms with Crippen LogP contribution < -0.4 is 0 Å². The third-order valence-corrected chi connectivity index (χ3v) is 2.30. The number of alkyl halides is 1. The summed E-state index contributed by atoms with van der Waals surface area (Å²) in [7, 11) is 0. The van der Waals surface area contributed by atoms with Gasteiger partial charge in [0.05, 0.1) is 0 Å². The van der Waals surface area contributed by atoms with E-state index in [1.165, 1.54) is 16.7 Å². The van der Waals surface area contributed by atoms with Crippen molar-refractivity contribution >= 4 is 22.0 Å². The Kier molecular flexibility index (Phi) is 3.54. The maximum atomic E-state index is 3.35. The van der Waals surface area contributed by atoms with Crippen molar-refractivity contribution in [2.24, 2.45) is 0 Å². The second kappa shape index (κ2) is 4.46. The maximum Gasteiger partial charge on any atom is 0.0215 e. The second-order valence-electron chi connectivity index (χ2n) is 2.90. The molecule has 0 saturated heterocycles. The van der Waals surface area contributed by atoms with Crippen molar-refractivity contribution in [3.63, 3.8) is 0 Å². The van der Waals surface area contributed by atoms with Crippen LogP contribution in [0.5, 0.6) is 0 Å². The number of rotatable bonds is 2. The average molecular weight is 225 g/mol. The average Bonchev–Trinajstić information content (AvgIpc) is 2.07. The molecule has 0 bridgehead atoms. The quantitative estimate of drug-likeness (QED) is 0.673. The van der Waals surface area contributed by atoms with Crippen molar-refractivity contribution in [2.75, 3.05) is 5.33 Å². The molecular formula is C11H13Br. The Balaban J connectivity index is 2.89. The zero-order chi connectivity index (χ0) is 8.97. The summed E-state index contributed by atoms with van der Waals surface area (Å²) in [4.78, 5) is 0. The number of hydrogen-bond acceptors (Lipinski definition) is 0. The summed E-state index contributed by atoms with van der Waals surface area (Å²) in [5.41, 5.74) is 3.98. The first-order valence-electron chi connectivity index (χ1n) is 4.04. The molecule has 0 aliphatic carbocycles. The molecule has 0 nitrogen and oxygen atoms in total. The summed E-state index contributed by atoms with van der Waals surface area (Å²) in [6.45, 7) is 4.27. The SMILES string of the molecule is Cc1ccc(C=CCBr)cc1C. The minimum atomic E-state index is 0.917. The van der Waals surface area contributed by atoms with Crippen molar-refractivity contribution in [3.05, 3.63) is 41.0 Å². The van der Waals surface area contributed by atoms with Gasteiger partial charge < -0.3 is 0 Å². The first-order chi connectivity index (χ1) is 5.74. The van der Waals surface area contributed by atoms with Crippen molar-refractivity contribution < 1.29 is 0 Å². The molecule has 0 heterocycles. The smallest absolute Gasteiger partial charge is 0.0215 e. The number of benzene rings is 1. The van der Waals surface area contributed by atoms with Gasteiger partial charge in [0, 0.05) is 5.33 Å². The molecule has 1 aromatic carbocycles. The summed E-state index contributed by atoms with van der Waals surface area (Å²) < 4.78 is 0. The van der Waals surface area contributed by atoms with E-state index in [4.69, 9.17) is 0 Å². The molecule has 12 heavy (non-hydrogen) atoms. The Morgan fingerprint density at radius 3 is 2.58 bits per heavy atom. The molecule has 1 rings (SSSR count). The van der Waals surface area contributed by atoms with Crippen molar-refractivity contribution in [3.8, 4) is 0 Å². The fourth-order valence-corrected chi connectivity index (χ4v) is 1.24. The van der Waals surface area contributed by atoms with E-state index < -0.39 is 0 Å². The van der Waals surface area contributed by atoms with Gasteiger partial charge in [-0.25, -0.2) is 0 Å². The number of hydrogen-bond donors (Lipinski definition) is 0. The van der Waals surface area contributed by atoms with Gasteiger partial charge in [-0.3, -0.25) is 0 Å². The number of allylic oxidation sites excluding steroid dienone is 1. The van der Waals surface area contributed by atoms with E-state index in [9.17, 15) is 0 Å². The van der Waals surface area contributed by atoms with Crippen LogP contribution in [-0.4, -0.2) is 5.33 Å². The lowest BCUT2D eigenvalue weighted by Crippen LogP contribution is -1.81. The predicted octanol–water partition coefficient (Wildman–Crippen LogP) is 3.71. The molecule has 64 valence electrons. The number of halogens is 1. The van der Waals surface area contributed by atoms with E-state index in [2.05, 4.69) is 60.1 Å². The molecule has 0 spiro atoms. The molecule has 0 atom stereocenters. The normalized spacial score (nSPS) is 10.9. The maximum absolute atomic E-state index is 3.35. The highest BCUT2D eigenvalue weighted by atomic mass is 79.9. The highest BCUT2D eigenvalue weighted by molar-refractivity contribution is 9.09. The second-order valence-corrected chi connectivity index (χ2v) is 3.55. The molecule has 0 N–H and O–H groups in total. The Morgan fingerprint density at radius 1 is 1.25 bits per heavy atom. The third-order valence-electron chi connectivity index (χ3n) is 1.93. The monoisotopic (exact) mass is 224 g/mol. The van der Waals surface area contributed by atoms with Crippen LogP contribution in [-0.2, 0) is 0 Å². The van der Waals surface area contributed by atoms with Crippen LogP contribution in [0.25, 0.3) is 6.08 Å². The first-order valence-corrected chi connectivity index (χ1v) is 5.16. The summed E-state index contributed by atoms with van der Waals surface area (Å²) in [5, 5.41) is 0.917. The molecule has 0 aliphatic rings. The van der Waals surface area contributed by atoms with Crippen LogP contribution in [0.4, 0.5) is 0 Å². The molecule has 0 unspecified atom stereocenters. The molecule has 0 radical (unpaired) electrons. The topological polar surface area (TPSA) is 0 Å². The molecule has 0 aliphatic heterocycles. The van der Waals surface area contributed by atoms with E-state index in [0.29, 0.717) is 0 Å². The van der Waals surface area contributed by atoms with E-state index in [1.54, 1.807) is 0 Å². The van der Waals surface area contributed by atoms with Crippen molar-refractivity contribution in [1.29, 1.82) is 0 Å². The van der Waals surface area contributed by atoms with Gasteiger partial charge in [0.1, 0.15) is 0 Å². The Morgan fingerprint density at radius 2 is 2.00 bits per heavy atom. The van der Waals surface area contributed by atoms with Crippen LogP contribution in [0, 0.1) is 13.8 Å². The largest absolute Gasteiger partial charge is 0.0883 e. The van der Waals surface area contributed by atoms with Crippen molar-refractivity contribution in [1.82, 2.24) is 0 Å². The molecule has 0 amide bonds. The van der Waals surface area contributed by atoms with Gasteiger partial charge in [-0.1, -0.05) is 46.3 Å². The van der Waals surface area contributed by atoms with Crippen LogP contribution in [0.1, 0.15) is 16.7 Å². The van der Waals surface area contributed by atoms with E-state index in [0.717, 1.165) is 5.33 Å². The van der Waals surface area contributed by atoms with Crippen LogP contribution in [0.15, 0.2) is 24.3 Å². The zero-order valence-corrected chi connectivity index (χ0v) is 9.06. The lowest BCUT2D eigenvalue weighted by molar-refractivity contribution is 1.33. The van der Waals surface area contributed by atoms with Gasteiger partial charge in [-0.2, -0.15) is 0 Å². The van der Waals surface area contributed by atoms with Crippen molar-refractivity contribution in [2.45, 2.75) is 13.8 Å². The van der Waals surface area contributed by atoms with Gasteiger partial charge >= 0.3 is 0 Å². The summed E-state index contributed by atoms with van der Waals surface area (Å²) in [5.74, 6) is 0. The van der Waals surface area contributed by atoms with Gasteiger partial charge in [0.2, 0.25) is 0 Å². The highest BCUT2D eigenvalue weighted by Crippen LogP contribution is 2.10. The summed E-state index contributed by atoms with van der Waals surface area (Å²) >= 11 is 3.35. The highest BCUT2D eigenvalue weighted by Gasteiger charge is 1.91. The molecular weight excluding hydrogens is 212 g/mol. The molecule has 1 heteroatoms. The molecule has 1 aromatic rings. The van der Waals surface area contributed by atoms with E-state index in [1.807, 2.05) is 0 Å². The lowest BCUT2D eigenvalue weighted by Gasteiger charge is -2.00. The Hall–Kier alpha value is -0.560. The van der Waals surface area contributed by atoms with E-state index >= 15 is 0 Å². The van der Waals surface area contributed by atoms with Gasteiger partial charge in [-0.05, 0) is 30.5 Å².